The van der Waals surface area contributed by atoms with E-state index in [1.54, 1.807) is 6.07 Å². The highest BCUT2D eigenvalue weighted by Gasteiger charge is 2.23. The summed E-state index contributed by atoms with van der Waals surface area (Å²) in [5, 5.41) is 0. The summed E-state index contributed by atoms with van der Waals surface area (Å²) < 4.78 is 56.4. The van der Waals surface area contributed by atoms with Crippen LogP contribution in [0.25, 0.3) is 0 Å². The molecule has 1 unspecified atom stereocenters. The summed E-state index contributed by atoms with van der Waals surface area (Å²) in [7, 11) is 0. The number of hydrazine groups is 1. The van der Waals surface area contributed by atoms with Crippen LogP contribution in [0.2, 0.25) is 0 Å². The molecule has 2 rings (SSSR count). The van der Waals surface area contributed by atoms with E-state index in [0.717, 1.165) is 6.07 Å². The second kappa shape index (κ2) is 6.55. The summed E-state index contributed by atoms with van der Waals surface area (Å²) in [6.07, 6.45) is 0. The molecule has 112 valence electrons. The SMILES string of the molecule is NNC(c1ccccc1OC(F)F)c1cccc(F)c1F. The molecule has 0 saturated heterocycles. The molecule has 21 heavy (non-hydrogen) atoms. The highest BCUT2D eigenvalue weighted by atomic mass is 19.3. The average Bonchev–Trinajstić information content (AvgIpc) is 2.45. The molecule has 0 bridgehead atoms. The lowest BCUT2D eigenvalue weighted by Gasteiger charge is -2.20. The lowest BCUT2D eigenvalue weighted by Crippen LogP contribution is -2.30. The maximum atomic E-state index is 13.9. The van der Waals surface area contributed by atoms with Crippen LogP contribution in [-0.2, 0) is 0 Å². The fraction of sp³-hybridized carbons (Fsp3) is 0.143. The zero-order valence-electron chi connectivity index (χ0n) is 10.7. The highest BCUT2D eigenvalue weighted by Crippen LogP contribution is 2.32. The molecular formula is C14H12F4N2O. The molecular weight excluding hydrogens is 288 g/mol. The molecule has 3 N–H and O–H groups in total. The van der Waals surface area contributed by atoms with Crippen molar-refractivity contribution in [2.24, 2.45) is 5.84 Å². The van der Waals surface area contributed by atoms with Gasteiger partial charge in [-0.2, -0.15) is 8.78 Å². The van der Waals surface area contributed by atoms with Crippen LogP contribution in [0.1, 0.15) is 17.2 Å². The number of alkyl halides is 2. The van der Waals surface area contributed by atoms with Gasteiger partial charge in [-0.3, -0.25) is 5.84 Å². The molecule has 7 heteroatoms. The molecule has 0 radical (unpaired) electrons. The van der Waals surface area contributed by atoms with Crippen LogP contribution in [0.4, 0.5) is 17.6 Å². The van der Waals surface area contributed by atoms with Gasteiger partial charge in [-0.1, -0.05) is 30.3 Å². The molecule has 0 aliphatic rings. The number of nitrogens with one attached hydrogen (secondary N) is 1. The molecule has 0 aliphatic carbocycles. The Morgan fingerprint density at radius 3 is 2.29 bits per heavy atom. The van der Waals surface area contributed by atoms with Crippen molar-refractivity contribution in [3.8, 4) is 5.75 Å². The van der Waals surface area contributed by atoms with E-state index >= 15 is 0 Å². The topological polar surface area (TPSA) is 47.3 Å². The number of rotatable bonds is 5. The molecule has 3 nitrogen and oxygen atoms in total. The van der Waals surface area contributed by atoms with Crippen LogP contribution in [0.15, 0.2) is 42.5 Å². The van der Waals surface area contributed by atoms with E-state index in [9.17, 15) is 17.6 Å². The third kappa shape index (κ3) is 3.32. The zero-order valence-corrected chi connectivity index (χ0v) is 10.7. The van der Waals surface area contributed by atoms with Crippen molar-refractivity contribution in [3.63, 3.8) is 0 Å². The molecule has 2 aromatic carbocycles. The van der Waals surface area contributed by atoms with Crippen molar-refractivity contribution in [1.29, 1.82) is 0 Å². The summed E-state index contributed by atoms with van der Waals surface area (Å²) in [6.45, 7) is -3.04. The number of nitrogens with two attached hydrogens (primary N) is 1. The summed E-state index contributed by atoms with van der Waals surface area (Å²) in [5.74, 6) is 3.05. The number of hydrogen-bond acceptors (Lipinski definition) is 3. The summed E-state index contributed by atoms with van der Waals surface area (Å²) in [5.41, 5.74) is 2.35. The van der Waals surface area contributed by atoms with E-state index < -0.39 is 24.3 Å². The van der Waals surface area contributed by atoms with Crippen molar-refractivity contribution < 1.29 is 22.3 Å². The molecule has 0 spiro atoms. The van der Waals surface area contributed by atoms with Crippen LogP contribution in [-0.4, -0.2) is 6.61 Å². The number of hydrogen-bond donors (Lipinski definition) is 2. The van der Waals surface area contributed by atoms with Crippen LogP contribution in [0.5, 0.6) is 5.75 Å². The summed E-state index contributed by atoms with van der Waals surface area (Å²) in [4.78, 5) is 0. The maximum absolute atomic E-state index is 13.9. The second-order valence-corrected chi connectivity index (χ2v) is 4.16. The van der Waals surface area contributed by atoms with E-state index in [1.807, 2.05) is 0 Å². The van der Waals surface area contributed by atoms with Gasteiger partial charge >= 0.3 is 6.61 Å². The maximum Gasteiger partial charge on any atom is 0.387 e. The van der Waals surface area contributed by atoms with E-state index in [0.29, 0.717) is 0 Å². The fourth-order valence-corrected chi connectivity index (χ4v) is 2.01. The zero-order chi connectivity index (χ0) is 15.4. The Kier molecular flexibility index (Phi) is 4.77. The van der Waals surface area contributed by atoms with Crippen molar-refractivity contribution in [1.82, 2.24) is 5.43 Å². The van der Waals surface area contributed by atoms with Gasteiger partial charge in [0.2, 0.25) is 0 Å². The Hall–Kier alpha value is -2.12. The predicted octanol–water partition coefficient (Wildman–Crippen LogP) is 3.12. The standard InChI is InChI=1S/C14H12F4N2O/c15-10-6-3-5-9(12(10)16)13(20-19)8-4-1-2-7-11(8)21-14(17)18/h1-7,13-14,20H,19H2. The van der Waals surface area contributed by atoms with Gasteiger partial charge in [-0.25, -0.2) is 14.2 Å². The Bertz CT molecular complexity index is 622. The van der Waals surface area contributed by atoms with E-state index in [2.05, 4.69) is 10.2 Å². The molecule has 0 fully saturated rings. The van der Waals surface area contributed by atoms with Crippen molar-refractivity contribution in [3.05, 3.63) is 65.2 Å². The van der Waals surface area contributed by atoms with Gasteiger partial charge in [0.05, 0.1) is 6.04 Å². The van der Waals surface area contributed by atoms with Crippen molar-refractivity contribution >= 4 is 0 Å². The van der Waals surface area contributed by atoms with Crippen molar-refractivity contribution in [2.45, 2.75) is 12.7 Å². The number of para-hydroxylation sites is 1. The largest absolute Gasteiger partial charge is 0.434 e. The molecule has 0 amide bonds. The molecule has 0 heterocycles. The first-order chi connectivity index (χ1) is 10.0. The van der Waals surface area contributed by atoms with E-state index in [-0.39, 0.29) is 16.9 Å². The third-order valence-electron chi connectivity index (χ3n) is 2.91. The van der Waals surface area contributed by atoms with Gasteiger partial charge in [-0.05, 0) is 12.1 Å². The van der Waals surface area contributed by atoms with E-state index in [1.165, 1.54) is 30.3 Å². The Balaban J connectivity index is 2.49. The first-order valence-electron chi connectivity index (χ1n) is 5.98. The highest BCUT2D eigenvalue weighted by molar-refractivity contribution is 5.42. The molecule has 2 aromatic rings. The number of halogens is 4. The molecule has 0 saturated carbocycles. The monoisotopic (exact) mass is 300 g/mol. The minimum atomic E-state index is -3.04. The Morgan fingerprint density at radius 2 is 1.62 bits per heavy atom. The number of benzene rings is 2. The smallest absolute Gasteiger partial charge is 0.387 e. The van der Waals surface area contributed by atoms with Gasteiger partial charge in [0.1, 0.15) is 5.75 Å². The average molecular weight is 300 g/mol. The summed E-state index contributed by atoms with van der Waals surface area (Å²) >= 11 is 0. The van der Waals surface area contributed by atoms with E-state index in [4.69, 9.17) is 5.84 Å². The Morgan fingerprint density at radius 1 is 0.952 bits per heavy atom. The van der Waals surface area contributed by atoms with Gasteiger partial charge in [0, 0.05) is 11.1 Å². The van der Waals surface area contributed by atoms with Gasteiger partial charge < -0.3 is 4.74 Å². The molecule has 0 aliphatic heterocycles. The predicted molar refractivity (Wildman–Crippen MR) is 68.6 cm³/mol. The lowest BCUT2D eigenvalue weighted by atomic mass is 9.98. The van der Waals surface area contributed by atoms with Crippen LogP contribution >= 0.6 is 0 Å². The minimum Gasteiger partial charge on any atom is -0.434 e. The van der Waals surface area contributed by atoms with Crippen LogP contribution < -0.4 is 16.0 Å². The quantitative estimate of drug-likeness (QED) is 0.507. The van der Waals surface area contributed by atoms with Gasteiger partial charge in [0.25, 0.3) is 0 Å². The first kappa shape index (κ1) is 15.3. The van der Waals surface area contributed by atoms with Crippen molar-refractivity contribution in [2.75, 3.05) is 0 Å². The molecule has 1 atom stereocenters. The fourth-order valence-electron chi connectivity index (χ4n) is 2.01. The lowest BCUT2D eigenvalue weighted by molar-refractivity contribution is -0.0506. The third-order valence-corrected chi connectivity index (χ3v) is 2.91. The van der Waals surface area contributed by atoms with Crippen LogP contribution in [0, 0.1) is 11.6 Å². The van der Waals surface area contributed by atoms with Gasteiger partial charge in [-0.15, -0.1) is 0 Å². The second-order valence-electron chi connectivity index (χ2n) is 4.16. The van der Waals surface area contributed by atoms with Crippen LogP contribution in [0.3, 0.4) is 0 Å². The summed E-state index contributed by atoms with van der Waals surface area (Å²) in [6, 6.07) is 8.29. The normalized spacial score (nSPS) is 12.5. The Labute approximate surface area is 118 Å². The van der Waals surface area contributed by atoms with Gasteiger partial charge in [0.15, 0.2) is 11.6 Å². The first-order valence-corrected chi connectivity index (χ1v) is 5.98. The minimum absolute atomic E-state index is 0.109. The number of ether oxygens (including phenoxy) is 1. The molecule has 0 aromatic heterocycles.